The Bertz CT molecular complexity index is 1190. The summed E-state index contributed by atoms with van der Waals surface area (Å²) < 4.78 is 34.6. The fraction of sp³-hybridized carbons (Fsp3) is 0.381. The van der Waals surface area contributed by atoms with Gasteiger partial charge in [0.15, 0.2) is 5.58 Å². The summed E-state index contributed by atoms with van der Waals surface area (Å²) in [6.45, 7) is 7.06. The fourth-order valence-electron chi connectivity index (χ4n) is 3.78. The van der Waals surface area contributed by atoms with Gasteiger partial charge in [-0.15, -0.1) is 0 Å². The van der Waals surface area contributed by atoms with Crippen LogP contribution in [0.5, 0.6) is 0 Å². The second-order valence-corrected chi connectivity index (χ2v) is 9.41. The summed E-state index contributed by atoms with van der Waals surface area (Å²) in [5.41, 5.74) is 3.07. The molecular formula is C21H25N3O4S. The van der Waals surface area contributed by atoms with Gasteiger partial charge in [0.2, 0.25) is 10.0 Å². The quantitative estimate of drug-likeness (QED) is 0.639. The number of aromatic nitrogens is 1. The van der Waals surface area contributed by atoms with Crippen LogP contribution < -0.4 is 5.76 Å². The first-order valence-electron chi connectivity index (χ1n) is 9.74. The van der Waals surface area contributed by atoms with Crippen molar-refractivity contribution in [2.75, 3.05) is 32.7 Å². The van der Waals surface area contributed by atoms with Crippen LogP contribution in [0.15, 0.2) is 56.6 Å². The van der Waals surface area contributed by atoms with Gasteiger partial charge in [-0.25, -0.2) is 13.2 Å². The largest absolute Gasteiger partial charge is 0.419 e. The van der Waals surface area contributed by atoms with Crippen molar-refractivity contribution in [3.8, 4) is 0 Å². The number of oxazole rings is 1. The predicted molar refractivity (Wildman–Crippen MR) is 112 cm³/mol. The topological polar surface area (TPSA) is 75.8 Å². The third-order valence-electron chi connectivity index (χ3n) is 5.51. The summed E-state index contributed by atoms with van der Waals surface area (Å²) in [5.74, 6) is -0.359. The summed E-state index contributed by atoms with van der Waals surface area (Å²) in [7, 11) is -3.50. The summed E-state index contributed by atoms with van der Waals surface area (Å²) >= 11 is 0. The first kappa shape index (κ1) is 19.9. The van der Waals surface area contributed by atoms with E-state index in [9.17, 15) is 13.2 Å². The molecule has 154 valence electrons. The van der Waals surface area contributed by atoms with Gasteiger partial charge >= 0.3 is 5.76 Å². The van der Waals surface area contributed by atoms with Gasteiger partial charge in [-0.1, -0.05) is 24.3 Å². The van der Waals surface area contributed by atoms with Crippen LogP contribution in [0.1, 0.15) is 11.1 Å². The highest BCUT2D eigenvalue weighted by Crippen LogP contribution is 2.22. The number of hydrogen-bond acceptors (Lipinski definition) is 5. The molecule has 2 heterocycles. The van der Waals surface area contributed by atoms with Crippen LogP contribution in [0.2, 0.25) is 0 Å². The van der Waals surface area contributed by atoms with E-state index in [1.54, 1.807) is 21.0 Å². The number of benzene rings is 2. The Balaban J connectivity index is 1.41. The van der Waals surface area contributed by atoms with Crippen molar-refractivity contribution in [3.63, 3.8) is 0 Å². The van der Waals surface area contributed by atoms with E-state index in [1.807, 2.05) is 44.2 Å². The summed E-state index contributed by atoms with van der Waals surface area (Å²) in [6.07, 6.45) is 0. The Kier molecular flexibility index (Phi) is 5.33. The van der Waals surface area contributed by atoms with Gasteiger partial charge in [0.25, 0.3) is 0 Å². The molecule has 1 aliphatic rings. The summed E-state index contributed by atoms with van der Waals surface area (Å²) in [6, 6.07) is 12.9. The number of nitrogens with zero attached hydrogens (tertiary/aromatic N) is 3. The van der Waals surface area contributed by atoms with Crippen LogP contribution in [-0.4, -0.2) is 54.9 Å². The molecule has 7 nitrogen and oxygen atoms in total. The standard InChI is InChI=1S/C21H25N3O4S/c1-16-7-8-17(2)20(15-16)29(26,27)23-12-9-22(10-13-23)11-14-24-18-5-3-4-6-19(18)28-21(24)25/h3-8,15H,9-14H2,1-2H3. The molecule has 1 fully saturated rings. The average Bonchev–Trinajstić information content (AvgIpc) is 3.03. The molecule has 8 heteroatoms. The van der Waals surface area contributed by atoms with Gasteiger partial charge in [-0.3, -0.25) is 9.47 Å². The molecule has 0 unspecified atom stereocenters. The zero-order valence-corrected chi connectivity index (χ0v) is 17.5. The van der Waals surface area contributed by atoms with Crippen LogP contribution in [0.4, 0.5) is 0 Å². The molecule has 0 saturated carbocycles. The van der Waals surface area contributed by atoms with Crippen LogP contribution >= 0.6 is 0 Å². The molecule has 0 atom stereocenters. The van der Waals surface area contributed by atoms with E-state index in [1.165, 1.54) is 0 Å². The molecule has 0 amide bonds. The maximum Gasteiger partial charge on any atom is 0.419 e. The normalized spacial score (nSPS) is 16.5. The highest BCUT2D eigenvalue weighted by molar-refractivity contribution is 7.89. The SMILES string of the molecule is Cc1ccc(C)c(S(=O)(=O)N2CCN(CCn3c(=O)oc4ccccc43)CC2)c1. The Morgan fingerprint density at radius 3 is 2.45 bits per heavy atom. The smallest absolute Gasteiger partial charge is 0.408 e. The molecule has 0 spiro atoms. The van der Waals surface area contributed by atoms with Gasteiger partial charge in [0.1, 0.15) is 0 Å². The first-order chi connectivity index (χ1) is 13.9. The molecule has 0 bridgehead atoms. The maximum atomic E-state index is 13.1. The van der Waals surface area contributed by atoms with E-state index in [-0.39, 0.29) is 5.76 Å². The minimum Gasteiger partial charge on any atom is -0.408 e. The van der Waals surface area contributed by atoms with Crippen molar-refractivity contribution in [1.82, 2.24) is 13.8 Å². The van der Waals surface area contributed by atoms with Crippen molar-refractivity contribution >= 4 is 21.1 Å². The second-order valence-electron chi connectivity index (χ2n) is 7.50. The van der Waals surface area contributed by atoms with Crippen molar-refractivity contribution < 1.29 is 12.8 Å². The third kappa shape index (κ3) is 3.88. The molecule has 4 rings (SSSR count). The highest BCUT2D eigenvalue weighted by atomic mass is 32.2. The van der Waals surface area contributed by atoms with Crippen LogP contribution in [0.3, 0.4) is 0 Å². The monoisotopic (exact) mass is 415 g/mol. The number of piperazine rings is 1. The predicted octanol–water partition coefficient (Wildman–Crippen LogP) is 2.22. The zero-order chi connectivity index (χ0) is 20.6. The molecule has 1 aliphatic heterocycles. The van der Waals surface area contributed by atoms with Crippen molar-refractivity contribution in [2.45, 2.75) is 25.3 Å². The van der Waals surface area contributed by atoms with E-state index >= 15 is 0 Å². The molecule has 0 N–H and O–H groups in total. The highest BCUT2D eigenvalue weighted by Gasteiger charge is 2.29. The second kappa shape index (κ2) is 7.78. The minimum atomic E-state index is -3.50. The van der Waals surface area contributed by atoms with Gasteiger partial charge in [-0.2, -0.15) is 4.31 Å². The van der Waals surface area contributed by atoms with E-state index in [0.717, 1.165) is 16.6 Å². The summed E-state index contributed by atoms with van der Waals surface area (Å²) in [4.78, 5) is 14.7. The molecular weight excluding hydrogens is 390 g/mol. The minimum absolute atomic E-state index is 0.359. The lowest BCUT2D eigenvalue weighted by Crippen LogP contribution is -2.49. The Hall–Kier alpha value is -2.42. The Labute approximate surface area is 170 Å². The molecule has 1 saturated heterocycles. The third-order valence-corrected chi connectivity index (χ3v) is 7.55. The zero-order valence-electron chi connectivity index (χ0n) is 16.7. The van der Waals surface area contributed by atoms with E-state index in [0.29, 0.717) is 49.7 Å². The molecule has 2 aromatic carbocycles. The van der Waals surface area contributed by atoms with Crippen molar-refractivity contribution in [2.24, 2.45) is 0 Å². The average molecular weight is 416 g/mol. The number of rotatable bonds is 5. The van der Waals surface area contributed by atoms with Crippen LogP contribution in [0.25, 0.3) is 11.1 Å². The van der Waals surface area contributed by atoms with E-state index < -0.39 is 10.0 Å². The number of aryl methyl sites for hydroxylation is 2. The number of hydrogen-bond donors (Lipinski definition) is 0. The number of sulfonamides is 1. The van der Waals surface area contributed by atoms with Crippen molar-refractivity contribution in [1.29, 1.82) is 0 Å². The van der Waals surface area contributed by atoms with Gasteiger partial charge in [-0.05, 0) is 43.2 Å². The number of para-hydroxylation sites is 2. The van der Waals surface area contributed by atoms with Gasteiger partial charge in [0, 0.05) is 39.3 Å². The lowest BCUT2D eigenvalue weighted by atomic mass is 10.2. The maximum absolute atomic E-state index is 13.1. The molecule has 3 aromatic rings. The van der Waals surface area contributed by atoms with Gasteiger partial charge in [0.05, 0.1) is 10.4 Å². The molecule has 29 heavy (non-hydrogen) atoms. The van der Waals surface area contributed by atoms with Gasteiger partial charge < -0.3 is 4.42 Å². The Morgan fingerprint density at radius 2 is 1.69 bits per heavy atom. The fourth-order valence-corrected chi connectivity index (χ4v) is 5.52. The van der Waals surface area contributed by atoms with Crippen molar-refractivity contribution in [3.05, 3.63) is 64.1 Å². The molecule has 0 radical (unpaired) electrons. The van der Waals surface area contributed by atoms with E-state index in [2.05, 4.69) is 4.90 Å². The lowest BCUT2D eigenvalue weighted by molar-refractivity contribution is 0.182. The Morgan fingerprint density at radius 1 is 0.966 bits per heavy atom. The number of fused-ring (bicyclic) bond motifs is 1. The first-order valence-corrected chi connectivity index (χ1v) is 11.2. The molecule has 0 aliphatic carbocycles. The van der Waals surface area contributed by atoms with Crippen LogP contribution in [-0.2, 0) is 16.6 Å². The van der Waals surface area contributed by atoms with Crippen LogP contribution in [0, 0.1) is 13.8 Å². The molecule has 1 aromatic heterocycles. The summed E-state index contributed by atoms with van der Waals surface area (Å²) in [5, 5.41) is 0. The lowest BCUT2D eigenvalue weighted by Gasteiger charge is -2.34. The van der Waals surface area contributed by atoms with E-state index in [4.69, 9.17) is 4.42 Å².